The molecule has 0 atom stereocenters. The van der Waals surface area contributed by atoms with E-state index in [4.69, 9.17) is 17.0 Å². The summed E-state index contributed by atoms with van der Waals surface area (Å²) in [4.78, 5) is 45.8. The summed E-state index contributed by atoms with van der Waals surface area (Å²) in [6.45, 7) is 1.59. The fourth-order valence-electron chi connectivity index (χ4n) is 4.73. The largest absolute Gasteiger partial charge is 0.497 e. The highest BCUT2D eigenvalue weighted by Crippen LogP contribution is 2.33. The Bertz CT molecular complexity index is 1370. The molecule has 2 aliphatic rings. The predicted octanol–water partition coefficient (Wildman–Crippen LogP) is 5.03. The number of aromatic nitrogens is 1. The number of rotatable bonds is 8. The van der Waals surface area contributed by atoms with Crippen molar-refractivity contribution in [2.45, 2.75) is 25.2 Å². The quantitative estimate of drug-likeness (QED) is 0.374. The van der Waals surface area contributed by atoms with Crippen LogP contribution in [0, 0.1) is 0 Å². The van der Waals surface area contributed by atoms with Crippen LogP contribution in [0.4, 0.5) is 5.69 Å². The Kier molecular flexibility index (Phi) is 8.59. The summed E-state index contributed by atoms with van der Waals surface area (Å²) in [6.07, 6.45) is 1.84. The summed E-state index contributed by atoms with van der Waals surface area (Å²) >= 11 is 8.02. The summed E-state index contributed by atoms with van der Waals surface area (Å²) in [7, 11) is 1.59. The number of thioether (sulfide) groups is 1. The number of piperidine rings is 1. The molecule has 0 unspecified atom stereocenters. The standard InChI is InChI=1S/C28H28N4O4S3/c1-36-20-7-8-21(18-5-3-2-4-6-18)22(15-20)29-26(35)23-16-38-27(30-23)19-9-12-31(13-10-19)24(33)11-14-32-25(34)17-39-28(32)37/h2-8,15-16,19H,9-14,17H2,1H3,(H,29,35). The maximum Gasteiger partial charge on any atom is 0.275 e. The van der Waals surface area contributed by atoms with E-state index < -0.39 is 0 Å². The van der Waals surface area contributed by atoms with Crippen LogP contribution in [0.1, 0.15) is 40.7 Å². The molecule has 1 aromatic heterocycles. The van der Waals surface area contributed by atoms with Gasteiger partial charge in [-0.1, -0.05) is 54.3 Å². The minimum Gasteiger partial charge on any atom is -0.497 e. The van der Waals surface area contributed by atoms with Gasteiger partial charge >= 0.3 is 0 Å². The third kappa shape index (κ3) is 6.32. The molecule has 2 saturated heterocycles. The number of thiocarbonyl (C=S) groups is 1. The summed E-state index contributed by atoms with van der Waals surface area (Å²) in [5, 5.41) is 5.71. The molecule has 11 heteroatoms. The molecule has 0 bridgehead atoms. The molecular formula is C28H28N4O4S3. The number of benzene rings is 2. The topological polar surface area (TPSA) is 91.8 Å². The highest BCUT2D eigenvalue weighted by Gasteiger charge is 2.30. The highest BCUT2D eigenvalue weighted by atomic mass is 32.2. The first-order valence-electron chi connectivity index (χ1n) is 12.7. The number of carbonyl (C=O) groups excluding carboxylic acids is 3. The molecule has 2 aromatic carbocycles. The number of nitrogens with one attached hydrogen (secondary N) is 1. The molecule has 39 heavy (non-hydrogen) atoms. The predicted molar refractivity (Wildman–Crippen MR) is 158 cm³/mol. The number of anilines is 1. The van der Waals surface area contributed by atoms with Gasteiger partial charge in [-0.05, 0) is 30.5 Å². The van der Waals surface area contributed by atoms with Gasteiger partial charge in [-0.3, -0.25) is 19.3 Å². The summed E-state index contributed by atoms with van der Waals surface area (Å²) in [5.74, 6) is 0.943. The van der Waals surface area contributed by atoms with Gasteiger partial charge in [0.1, 0.15) is 15.8 Å². The molecule has 0 spiro atoms. The van der Waals surface area contributed by atoms with Crippen LogP contribution in [0.2, 0.25) is 0 Å². The van der Waals surface area contributed by atoms with Gasteiger partial charge in [0.15, 0.2) is 0 Å². The SMILES string of the molecule is COc1ccc(-c2ccccc2)c(NC(=O)c2csc(C3CCN(C(=O)CCN4C(=O)CSC4=S)CC3)n2)c1. The number of hydrogen-bond acceptors (Lipinski definition) is 8. The molecule has 0 saturated carbocycles. The zero-order valence-electron chi connectivity index (χ0n) is 21.4. The number of amides is 3. The van der Waals surface area contributed by atoms with Crippen molar-refractivity contribution in [1.29, 1.82) is 0 Å². The number of likely N-dealkylation sites (tertiary alicyclic amines) is 1. The lowest BCUT2D eigenvalue weighted by Crippen LogP contribution is -2.40. The summed E-state index contributed by atoms with van der Waals surface area (Å²) < 4.78 is 5.93. The highest BCUT2D eigenvalue weighted by molar-refractivity contribution is 8.23. The Morgan fingerprint density at radius 1 is 1.15 bits per heavy atom. The second-order valence-corrected chi connectivity index (χ2v) is 11.8. The van der Waals surface area contributed by atoms with Crippen LogP contribution in [0.15, 0.2) is 53.9 Å². The molecule has 3 heterocycles. The van der Waals surface area contributed by atoms with Crippen molar-refractivity contribution in [3.8, 4) is 16.9 Å². The minimum absolute atomic E-state index is 0.0252. The maximum absolute atomic E-state index is 13.2. The summed E-state index contributed by atoms with van der Waals surface area (Å²) in [5.41, 5.74) is 2.91. The first-order valence-corrected chi connectivity index (χ1v) is 15.0. The van der Waals surface area contributed by atoms with Gasteiger partial charge in [0.05, 0.1) is 23.6 Å². The number of nitrogens with zero attached hydrogens (tertiary/aromatic N) is 3. The third-order valence-electron chi connectivity index (χ3n) is 6.90. The number of methoxy groups -OCH3 is 1. The van der Waals surface area contributed by atoms with Gasteiger partial charge in [0, 0.05) is 49.0 Å². The van der Waals surface area contributed by atoms with E-state index in [1.807, 2.05) is 53.4 Å². The van der Waals surface area contributed by atoms with Crippen molar-refractivity contribution in [1.82, 2.24) is 14.8 Å². The van der Waals surface area contributed by atoms with E-state index in [9.17, 15) is 14.4 Å². The molecule has 2 aliphatic heterocycles. The molecule has 8 nitrogen and oxygen atoms in total. The van der Waals surface area contributed by atoms with Crippen molar-refractivity contribution in [3.05, 3.63) is 64.6 Å². The number of hydrogen-bond donors (Lipinski definition) is 1. The van der Waals surface area contributed by atoms with Crippen LogP contribution in [0.5, 0.6) is 5.75 Å². The second kappa shape index (κ2) is 12.3. The molecule has 5 rings (SSSR count). The molecule has 0 aliphatic carbocycles. The number of thiazole rings is 1. The van der Waals surface area contributed by atoms with E-state index in [0.29, 0.717) is 46.8 Å². The molecule has 1 N–H and O–H groups in total. The Morgan fingerprint density at radius 3 is 2.62 bits per heavy atom. The van der Waals surface area contributed by atoms with Crippen molar-refractivity contribution >= 4 is 63.0 Å². The van der Waals surface area contributed by atoms with Crippen LogP contribution in [0.3, 0.4) is 0 Å². The lowest BCUT2D eigenvalue weighted by atomic mass is 9.97. The van der Waals surface area contributed by atoms with E-state index in [-0.39, 0.29) is 30.1 Å². The normalized spacial score (nSPS) is 16.0. The van der Waals surface area contributed by atoms with Crippen LogP contribution >= 0.6 is 35.3 Å². The van der Waals surface area contributed by atoms with Gasteiger partial charge in [-0.2, -0.15) is 0 Å². The van der Waals surface area contributed by atoms with Crippen molar-refractivity contribution in [3.63, 3.8) is 0 Å². The number of ether oxygens (including phenoxy) is 1. The lowest BCUT2D eigenvalue weighted by Gasteiger charge is -2.31. The van der Waals surface area contributed by atoms with E-state index in [0.717, 1.165) is 29.0 Å². The number of carbonyl (C=O) groups is 3. The average Bonchev–Trinajstić information content (AvgIpc) is 3.59. The lowest BCUT2D eigenvalue weighted by molar-refractivity contribution is -0.132. The first-order chi connectivity index (χ1) is 18.9. The Labute approximate surface area is 240 Å². The third-order valence-corrected chi connectivity index (χ3v) is 9.34. The molecular weight excluding hydrogens is 553 g/mol. The zero-order chi connectivity index (χ0) is 27.4. The van der Waals surface area contributed by atoms with Crippen LogP contribution in [-0.4, -0.2) is 69.3 Å². The molecule has 3 amide bonds. The Balaban J connectivity index is 1.18. The van der Waals surface area contributed by atoms with Gasteiger partial charge in [0.25, 0.3) is 5.91 Å². The molecule has 2 fully saturated rings. The van der Waals surface area contributed by atoms with Gasteiger partial charge in [0.2, 0.25) is 11.8 Å². The first kappa shape index (κ1) is 27.3. The van der Waals surface area contributed by atoms with E-state index in [1.54, 1.807) is 12.5 Å². The smallest absolute Gasteiger partial charge is 0.275 e. The average molecular weight is 581 g/mol. The van der Waals surface area contributed by atoms with E-state index >= 15 is 0 Å². The second-order valence-electron chi connectivity index (χ2n) is 9.31. The Morgan fingerprint density at radius 2 is 1.92 bits per heavy atom. The fourth-order valence-corrected chi connectivity index (χ4v) is 6.82. The Hall–Kier alpha value is -3.28. The van der Waals surface area contributed by atoms with Crippen LogP contribution in [0.25, 0.3) is 11.1 Å². The monoisotopic (exact) mass is 580 g/mol. The van der Waals surface area contributed by atoms with E-state index in [2.05, 4.69) is 10.3 Å². The van der Waals surface area contributed by atoms with Crippen LogP contribution in [-0.2, 0) is 9.59 Å². The van der Waals surface area contributed by atoms with Crippen molar-refractivity contribution in [2.75, 3.05) is 37.8 Å². The fraction of sp³-hybridized carbons (Fsp3) is 0.321. The minimum atomic E-state index is -0.275. The van der Waals surface area contributed by atoms with Crippen molar-refractivity contribution < 1.29 is 19.1 Å². The molecule has 3 aromatic rings. The van der Waals surface area contributed by atoms with Crippen molar-refractivity contribution in [2.24, 2.45) is 0 Å². The van der Waals surface area contributed by atoms with Gasteiger partial charge < -0.3 is 15.0 Å². The molecule has 202 valence electrons. The van der Waals surface area contributed by atoms with Gasteiger partial charge in [-0.15, -0.1) is 11.3 Å². The van der Waals surface area contributed by atoms with Crippen LogP contribution < -0.4 is 10.1 Å². The van der Waals surface area contributed by atoms with E-state index in [1.165, 1.54) is 28.0 Å². The zero-order valence-corrected chi connectivity index (χ0v) is 23.9. The maximum atomic E-state index is 13.2. The summed E-state index contributed by atoms with van der Waals surface area (Å²) in [6, 6.07) is 15.5. The van der Waals surface area contributed by atoms with Gasteiger partial charge in [-0.25, -0.2) is 4.98 Å². The molecule has 0 radical (unpaired) electrons.